The van der Waals surface area contributed by atoms with Gasteiger partial charge in [-0.1, -0.05) is 0 Å². The van der Waals surface area contributed by atoms with Crippen molar-refractivity contribution < 1.29 is 19.7 Å². The number of aliphatic hydroxyl groups excluding tert-OH is 1. The summed E-state index contributed by atoms with van der Waals surface area (Å²) in [7, 11) is 0. The highest BCUT2D eigenvalue weighted by Gasteiger charge is 2.62. The van der Waals surface area contributed by atoms with E-state index in [2.05, 4.69) is 0 Å². The fourth-order valence-electron chi connectivity index (χ4n) is 3.54. The Balaban J connectivity index is 1.87. The molecule has 0 spiro atoms. The van der Waals surface area contributed by atoms with Crippen LogP contribution in [0.2, 0.25) is 0 Å². The second-order valence-corrected chi connectivity index (χ2v) is 5.34. The molecule has 3 rings (SSSR count). The van der Waals surface area contributed by atoms with Gasteiger partial charge in [0.1, 0.15) is 0 Å². The molecule has 4 unspecified atom stereocenters. The highest BCUT2D eigenvalue weighted by atomic mass is 16.5. The summed E-state index contributed by atoms with van der Waals surface area (Å²) in [6, 6.07) is 0. The zero-order valence-corrected chi connectivity index (χ0v) is 8.56. The van der Waals surface area contributed by atoms with Crippen LogP contribution in [0.25, 0.3) is 0 Å². The Morgan fingerprint density at radius 1 is 1.27 bits per heavy atom. The normalized spacial score (nSPS) is 52.9. The Kier molecular flexibility index (Phi) is 1.89. The minimum atomic E-state index is -0.732. The largest absolute Gasteiger partial charge is 0.481 e. The van der Waals surface area contributed by atoms with Gasteiger partial charge in [0.05, 0.1) is 24.7 Å². The fourth-order valence-corrected chi connectivity index (χ4v) is 3.54. The molecule has 0 bridgehead atoms. The standard InChI is InChI=1S/C11H16O4/c12-9-5-15-4-8(9)11(10(13)14)2-6-1-7(6)3-11/h6-9,12H,1-5H2,(H,13,14). The van der Waals surface area contributed by atoms with E-state index in [1.807, 2.05) is 0 Å². The number of hydrogen-bond donors (Lipinski definition) is 2. The molecule has 84 valence electrons. The second kappa shape index (κ2) is 2.95. The van der Waals surface area contributed by atoms with Crippen molar-refractivity contribution in [2.24, 2.45) is 23.2 Å². The molecular formula is C11H16O4. The lowest BCUT2D eigenvalue weighted by Crippen LogP contribution is -2.43. The molecule has 3 aliphatic rings. The van der Waals surface area contributed by atoms with Crippen molar-refractivity contribution in [3.63, 3.8) is 0 Å². The molecule has 2 saturated carbocycles. The molecule has 3 fully saturated rings. The maximum atomic E-state index is 11.5. The molecule has 4 atom stereocenters. The molecule has 0 aromatic carbocycles. The van der Waals surface area contributed by atoms with Gasteiger partial charge in [-0.25, -0.2) is 0 Å². The molecule has 0 radical (unpaired) electrons. The molecule has 4 heteroatoms. The van der Waals surface area contributed by atoms with Gasteiger partial charge in [-0.3, -0.25) is 4.79 Å². The lowest BCUT2D eigenvalue weighted by Gasteiger charge is -2.33. The smallest absolute Gasteiger partial charge is 0.310 e. The van der Waals surface area contributed by atoms with Gasteiger partial charge in [-0.05, 0) is 31.1 Å². The van der Waals surface area contributed by atoms with Crippen molar-refractivity contribution in [3.8, 4) is 0 Å². The Morgan fingerprint density at radius 2 is 1.93 bits per heavy atom. The molecule has 0 aromatic rings. The second-order valence-electron chi connectivity index (χ2n) is 5.34. The van der Waals surface area contributed by atoms with Crippen LogP contribution < -0.4 is 0 Å². The van der Waals surface area contributed by atoms with Crippen molar-refractivity contribution in [2.45, 2.75) is 25.4 Å². The van der Waals surface area contributed by atoms with Gasteiger partial charge in [0.25, 0.3) is 0 Å². The highest BCUT2D eigenvalue weighted by molar-refractivity contribution is 5.76. The first kappa shape index (κ1) is 9.60. The molecular weight excluding hydrogens is 196 g/mol. The zero-order chi connectivity index (χ0) is 10.6. The summed E-state index contributed by atoms with van der Waals surface area (Å²) in [6.07, 6.45) is 2.10. The third-order valence-corrected chi connectivity index (χ3v) is 4.51. The van der Waals surface area contributed by atoms with E-state index >= 15 is 0 Å². The van der Waals surface area contributed by atoms with E-state index in [9.17, 15) is 15.0 Å². The van der Waals surface area contributed by atoms with Gasteiger partial charge in [-0.15, -0.1) is 0 Å². The van der Waals surface area contributed by atoms with Crippen LogP contribution in [0.3, 0.4) is 0 Å². The predicted octanol–water partition coefficient (Wildman–Crippen LogP) is 0.495. The lowest BCUT2D eigenvalue weighted by molar-refractivity contribution is -0.155. The van der Waals surface area contributed by atoms with E-state index in [0.29, 0.717) is 25.0 Å². The van der Waals surface area contributed by atoms with E-state index in [0.717, 1.165) is 12.8 Å². The highest BCUT2D eigenvalue weighted by Crippen LogP contribution is 2.63. The maximum absolute atomic E-state index is 11.5. The maximum Gasteiger partial charge on any atom is 0.310 e. The van der Waals surface area contributed by atoms with E-state index in [1.165, 1.54) is 6.42 Å². The number of ether oxygens (including phenoxy) is 1. The number of aliphatic carboxylic acids is 1. The summed E-state index contributed by atoms with van der Waals surface area (Å²) in [5, 5.41) is 19.2. The van der Waals surface area contributed by atoms with Crippen molar-refractivity contribution in [1.82, 2.24) is 0 Å². The molecule has 15 heavy (non-hydrogen) atoms. The average Bonchev–Trinajstić information content (AvgIpc) is 2.63. The molecule has 2 N–H and O–H groups in total. The Hall–Kier alpha value is -0.610. The predicted molar refractivity (Wildman–Crippen MR) is 51.2 cm³/mol. The minimum Gasteiger partial charge on any atom is -0.481 e. The number of carboxylic acids is 1. The van der Waals surface area contributed by atoms with Gasteiger partial charge >= 0.3 is 5.97 Å². The summed E-state index contributed by atoms with van der Waals surface area (Å²) in [6.45, 7) is 0.710. The van der Waals surface area contributed by atoms with Crippen molar-refractivity contribution in [1.29, 1.82) is 0 Å². The monoisotopic (exact) mass is 212 g/mol. The van der Waals surface area contributed by atoms with Crippen LogP contribution in [0, 0.1) is 23.2 Å². The van der Waals surface area contributed by atoms with Crippen LogP contribution in [0.4, 0.5) is 0 Å². The number of aliphatic hydroxyl groups is 1. The van der Waals surface area contributed by atoms with Gasteiger partial charge in [0.15, 0.2) is 0 Å². The Labute approximate surface area is 88.2 Å². The van der Waals surface area contributed by atoms with Gasteiger partial charge in [0.2, 0.25) is 0 Å². The van der Waals surface area contributed by atoms with Crippen LogP contribution in [0.15, 0.2) is 0 Å². The average molecular weight is 212 g/mol. The first-order chi connectivity index (χ1) is 7.13. The van der Waals surface area contributed by atoms with Crippen LogP contribution in [-0.2, 0) is 9.53 Å². The molecule has 4 nitrogen and oxygen atoms in total. The topological polar surface area (TPSA) is 66.8 Å². The third-order valence-electron chi connectivity index (χ3n) is 4.51. The van der Waals surface area contributed by atoms with Crippen LogP contribution in [0.1, 0.15) is 19.3 Å². The lowest BCUT2D eigenvalue weighted by atomic mass is 9.70. The Morgan fingerprint density at radius 3 is 2.40 bits per heavy atom. The number of fused-ring (bicyclic) bond motifs is 1. The zero-order valence-electron chi connectivity index (χ0n) is 8.56. The van der Waals surface area contributed by atoms with Crippen LogP contribution in [0.5, 0.6) is 0 Å². The van der Waals surface area contributed by atoms with E-state index < -0.39 is 17.5 Å². The van der Waals surface area contributed by atoms with Crippen LogP contribution >= 0.6 is 0 Å². The van der Waals surface area contributed by atoms with Gasteiger partial charge < -0.3 is 14.9 Å². The molecule has 2 aliphatic carbocycles. The summed E-state index contributed by atoms with van der Waals surface area (Å²) in [5.41, 5.74) is -0.691. The van der Waals surface area contributed by atoms with E-state index in [-0.39, 0.29) is 5.92 Å². The molecule has 0 amide bonds. The summed E-state index contributed by atoms with van der Waals surface area (Å²) >= 11 is 0. The molecule has 1 saturated heterocycles. The first-order valence-corrected chi connectivity index (χ1v) is 5.63. The van der Waals surface area contributed by atoms with Crippen molar-refractivity contribution >= 4 is 5.97 Å². The van der Waals surface area contributed by atoms with Gasteiger partial charge in [0, 0.05) is 5.92 Å². The fraction of sp³-hybridized carbons (Fsp3) is 0.909. The van der Waals surface area contributed by atoms with Gasteiger partial charge in [-0.2, -0.15) is 0 Å². The molecule has 0 aromatic heterocycles. The number of carbonyl (C=O) groups is 1. The third kappa shape index (κ3) is 1.24. The number of hydrogen-bond acceptors (Lipinski definition) is 3. The Bertz CT molecular complexity index is 291. The van der Waals surface area contributed by atoms with Crippen LogP contribution in [-0.4, -0.2) is 35.5 Å². The number of carboxylic acid groups (broad SMARTS) is 1. The first-order valence-electron chi connectivity index (χ1n) is 5.63. The summed E-state index contributed by atoms with van der Waals surface area (Å²) < 4.78 is 5.19. The van der Waals surface area contributed by atoms with Crippen molar-refractivity contribution in [2.75, 3.05) is 13.2 Å². The van der Waals surface area contributed by atoms with Crippen molar-refractivity contribution in [3.05, 3.63) is 0 Å². The summed E-state index contributed by atoms with van der Waals surface area (Å²) in [5.74, 6) is 0.287. The van der Waals surface area contributed by atoms with E-state index in [4.69, 9.17) is 4.74 Å². The SMILES string of the molecule is O=C(O)C1(C2COCC2O)CC2CC2C1. The quantitative estimate of drug-likeness (QED) is 0.699. The summed E-state index contributed by atoms with van der Waals surface area (Å²) in [4.78, 5) is 11.5. The number of rotatable bonds is 2. The molecule has 1 aliphatic heterocycles. The minimum absolute atomic E-state index is 0.192. The molecule has 1 heterocycles. The van der Waals surface area contributed by atoms with E-state index in [1.54, 1.807) is 0 Å².